The molecule has 0 unspecified atom stereocenters. The molecule has 0 amide bonds. The van der Waals surface area contributed by atoms with E-state index in [0.717, 1.165) is 0 Å². The van der Waals surface area contributed by atoms with Crippen molar-refractivity contribution in [1.82, 2.24) is 0 Å². The summed E-state index contributed by atoms with van der Waals surface area (Å²) in [5.41, 5.74) is 0. The third-order valence-corrected chi connectivity index (χ3v) is 10.1. The number of hydrogen-bond donors (Lipinski definition) is 0. The molecule has 0 radical (unpaired) electrons. The van der Waals surface area contributed by atoms with E-state index < -0.39 is 22.2 Å². The first-order valence-corrected chi connectivity index (χ1v) is 13.5. The first kappa shape index (κ1) is 10.7. The Balaban J connectivity index is 3.89. The Labute approximate surface area is 67.9 Å². The van der Waals surface area contributed by atoms with Crippen molar-refractivity contribution in [2.75, 3.05) is 7.11 Å². The monoisotopic (exact) mass is 224 g/mol. The fraction of sp³-hybridized carbons (Fsp3) is 1.00. The van der Waals surface area contributed by atoms with Crippen LogP contribution >= 0.6 is 0 Å². The van der Waals surface area contributed by atoms with Crippen LogP contribution in [0.2, 0.25) is 30.4 Å². The molecule has 0 aromatic carbocycles. The summed E-state index contributed by atoms with van der Waals surface area (Å²) in [6.45, 7) is 4.17. The molecule has 0 saturated heterocycles. The van der Waals surface area contributed by atoms with Gasteiger partial charge >= 0.3 is 67.5 Å². The molecule has 0 heterocycles. The van der Waals surface area contributed by atoms with Gasteiger partial charge in [-0.15, -0.1) is 0 Å². The maximum absolute atomic E-state index is 5.88. The van der Waals surface area contributed by atoms with Crippen molar-refractivity contribution in [2.45, 2.75) is 30.4 Å². The standard InChI is InChI=1S/C6H18GeO2Si/c1-7(2,3)9-10(5,6)8-4/h1-6H3. The zero-order valence-electron chi connectivity index (χ0n) is 7.82. The zero-order valence-corrected chi connectivity index (χ0v) is 10.9. The van der Waals surface area contributed by atoms with E-state index in [9.17, 15) is 0 Å². The fourth-order valence-corrected chi connectivity index (χ4v) is 12.1. The average Bonchev–Trinajstić information content (AvgIpc) is 1.60. The molecular weight excluding hydrogens is 205 g/mol. The number of rotatable bonds is 3. The molecule has 2 nitrogen and oxygen atoms in total. The van der Waals surface area contributed by atoms with Gasteiger partial charge in [-0.25, -0.2) is 0 Å². The third kappa shape index (κ3) is 5.46. The van der Waals surface area contributed by atoms with E-state index in [1.165, 1.54) is 0 Å². The molecule has 0 aliphatic carbocycles. The Morgan fingerprint density at radius 1 is 1.10 bits per heavy atom. The molecule has 0 spiro atoms. The van der Waals surface area contributed by atoms with E-state index in [4.69, 9.17) is 7.88 Å². The molecule has 0 bridgehead atoms. The van der Waals surface area contributed by atoms with Crippen LogP contribution < -0.4 is 0 Å². The molecule has 10 heavy (non-hydrogen) atoms. The zero-order chi connectivity index (χ0) is 8.41. The summed E-state index contributed by atoms with van der Waals surface area (Å²) >= 11 is -1.83. The Bertz CT molecular complexity index is 109. The van der Waals surface area contributed by atoms with Crippen molar-refractivity contribution in [1.29, 1.82) is 0 Å². The molecule has 0 saturated carbocycles. The predicted octanol–water partition coefficient (Wildman–Crippen LogP) is 2.19. The second kappa shape index (κ2) is 3.38. The molecule has 0 aromatic rings. The Kier molecular flexibility index (Phi) is 3.61. The number of hydrogen-bond acceptors (Lipinski definition) is 2. The third-order valence-electron chi connectivity index (χ3n) is 1.04. The topological polar surface area (TPSA) is 18.5 Å². The van der Waals surface area contributed by atoms with Gasteiger partial charge in [0, 0.05) is 0 Å². The minimum atomic E-state index is -1.83. The van der Waals surface area contributed by atoms with E-state index in [-0.39, 0.29) is 0 Å². The van der Waals surface area contributed by atoms with Gasteiger partial charge in [0.1, 0.15) is 0 Å². The van der Waals surface area contributed by atoms with E-state index in [1.54, 1.807) is 7.11 Å². The van der Waals surface area contributed by atoms with Crippen LogP contribution in [0.15, 0.2) is 0 Å². The summed E-state index contributed by atoms with van der Waals surface area (Å²) < 4.78 is 11.2. The van der Waals surface area contributed by atoms with Crippen molar-refractivity contribution in [3.05, 3.63) is 0 Å². The van der Waals surface area contributed by atoms with Gasteiger partial charge < -0.3 is 0 Å². The quantitative estimate of drug-likeness (QED) is 0.682. The van der Waals surface area contributed by atoms with Crippen molar-refractivity contribution in [2.24, 2.45) is 0 Å². The van der Waals surface area contributed by atoms with Crippen LogP contribution in [0, 0.1) is 0 Å². The van der Waals surface area contributed by atoms with E-state index in [2.05, 4.69) is 30.4 Å². The van der Waals surface area contributed by atoms with Crippen molar-refractivity contribution in [3.63, 3.8) is 0 Å². The van der Waals surface area contributed by atoms with Gasteiger partial charge in [0.25, 0.3) is 0 Å². The van der Waals surface area contributed by atoms with Crippen LogP contribution in [-0.4, -0.2) is 29.3 Å². The molecule has 0 atom stereocenters. The molecule has 0 rings (SSSR count). The predicted molar refractivity (Wildman–Crippen MR) is 48.9 cm³/mol. The summed E-state index contributed by atoms with van der Waals surface area (Å²) in [7, 11) is 0.00695. The van der Waals surface area contributed by atoms with Crippen molar-refractivity contribution in [3.8, 4) is 0 Å². The van der Waals surface area contributed by atoms with Gasteiger partial charge in [-0.3, -0.25) is 0 Å². The second-order valence-electron chi connectivity index (χ2n) is 3.82. The Morgan fingerprint density at radius 3 is 1.60 bits per heavy atom. The minimum absolute atomic E-state index is 1.73. The van der Waals surface area contributed by atoms with Gasteiger partial charge in [0.15, 0.2) is 0 Å². The van der Waals surface area contributed by atoms with E-state index >= 15 is 0 Å². The van der Waals surface area contributed by atoms with Crippen molar-refractivity contribution < 1.29 is 7.88 Å². The molecule has 0 aromatic heterocycles. The van der Waals surface area contributed by atoms with E-state index in [0.29, 0.717) is 0 Å². The van der Waals surface area contributed by atoms with Gasteiger partial charge in [0.05, 0.1) is 0 Å². The molecule has 4 heteroatoms. The second-order valence-corrected chi connectivity index (χ2v) is 17.4. The summed E-state index contributed by atoms with van der Waals surface area (Å²) in [6, 6.07) is 0. The fourth-order valence-electron chi connectivity index (χ4n) is 0.779. The maximum atomic E-state index is 5.88. The summed E-state index contributed by atoms with van der Waals surface area (Å²) in [6.07, 6.45) is 0. The molecule has 0 aliphatic heterocycles. The molecule has 62 valence electrons. The first-order chi connectivity index (χ1) is 4.27. The Morgan fingerprint density at radius 2 is 1.50 bits per heavy atom. The van der Waals surface area contributed by atoms with Crippen LogP contribution in [0.3, 0.4) is 0 Å². The first-order valence-electron chi connectivity index (χ1n) is 3.52. The summed E-state index contributed by atoms with van der Waals surface area (Å²) in [5, 5.41) is 0. The van der Waals surface area contributed by atoms with Crippen LogP contribution in [0.4, 0.5) is 0 Å². The SMILES string of the molecule is CO[Si](C)(C)[O][Ge]([CH3])([CH3])[CH3]. The Hall–Kier alpha value is 0.680. The molecule has 0 fully saturated rings. The normalized spacial score (nSPS) is 13.8. The van der Waals surface area contributed by atoms with Crippen LogP contribution in [0.25, 0.3) is 0 Å². The molecular formula is C6H18GeO2Si. The van der Waals surface area contributed by atoms with Gasteiger partial charge in [-0.1, -0.05) is 0 Å². The van der Waals surface area contributed by atoms with Crippen LogP contribution in [0.1, 0.15) is 0 Å². The summed E-state index contributed by atoms with van der Waals surface area (Å²) in [5.74, 6) is 6.69. The van der Waals surface area contributed by atoms with Gasteiger partial charge in [-0.2, -0.15) is 0 Å². The van der Waals surface area contributed by atoms with Gasteiger partial charge in [-0.05, 0) is 0 Å². The van der Waals surface area contributed by atoms with Crippen molar-refractivity contribution >= 4 is 22.2 Å². The van der Waals surface area contributed by atoms with Gasteiger partial charge in [0.2, 0.25) is 0 Å². The van der Waals surface area contributed by atoms with E-state index in [1.807, 2.05) is 0 Å². The average molecular weight is 223 g/mol. The van der Waals surface area contributed by atoms with Crippen LogP contribution in [0.5, 0.6) is 0 Å². The van der Waals surface area contributed by atoms with Crippen LogP contribution in [-0.2, 0) is 7.88 Å². The molecule has 0 aliphatic rings. The summed E-state index contributed by atoms with van der Waals surface area (Å²) in [4.78, 5) is 0. The molecule has 0 N–H and O–H groups in total.